The lowest BCUT2D eigenvalue weighted by Gasteiger charge is -2.33. The van der Waals surface area contributed by atoms with Crippen molar-refractivity contribution in [2.24, 2.45) is 5.92 Å². The van der Waals surface area contributed by atoms with Gasteiger partial charge in [-0.15, -0.1) is 10.2 Å². The molecule has 0 radical (unpaired) electrons. The summed E-state index contributed by atoms with van der Waals surface area (Å²) >= 11 is 0. The molecule has 176 valence electrons. The highest BCUT2D eigenvalue weighted by atomic mass is 16.5. The number of aromatic nitrogens is 7. The van der Waals surface area contributed by atoms with Crippen LogP contribution in [0.25, 0.3) is 22.2 Å². The Morgan fingerprint density at radius 3 is 2.91 bits per heavy atom. The van der Waals surface area contributed by atoms with Gasteiger partial charge < -0.3 is 15.0 Å². The topological polar surface area (TPSA) is 110 Å². The number of piperidine rings is 1. The highest BCUT2D eigenvalue weighted by molar-refractivity contribution is 5.94. The molecule has 1 aliphatic carbocycles. The maximum Gasteiger partial charge on any atom is 0.151 e. The first-order chi connectivity index (χ1) is 16.7. The molecule has 3 aromatic heterocycles. The molecule has 0 amide bonds. The highest BCUT2D eigenvalue weighted by Crippen LogP contribution is 2.31. The second kappa shape index (κ2) is 9.02. The molecule has 1 saturated carbocycles. The number of ether oxygens (including phenoxy) is 1. The summed E-state index contributed by atoms with van der Waals surface area (Å²) in [6, 6.07) is 8.51. The van der Waals surface area contributed by atoms with E-state index in [0.717, 1.165) is 65.0 Å². The first kappa shape index (κ1) is 21.0. The van der Waals surface area contributed by atoms with Crippen molar-refractivity contribution in [1.82, 2.24) is 40.7 Å². The maximum absolute atomic E-state index is 5.42. The van der Waals surface area contributed by atoms with Gasteiger partial charge in [0.05, 0.1) is 37.3 Å². The molecule has 1 saturated heterocycles. The van der Waals surface area contributed by atoms with E-state index in [0.29, 0.717) is 12.6 Å². The van der Waals surface area contributed by atoms with Crippen LogP contribution in [0.15, 0.2) is 36.7 Å². The summed E-state index contributed by atoms with van der Waals surface area (Å²) in [4.78, 5) is 2.34. The van der Waals surface area contributed by atoms with E-state index in [1.54, 1.807) is 18.0 Å². The van der Waals surface area contributed by atoms with Crippen molar-refractivity contribution in [3.63, 3.8) is 0 Å². The summed E-state index contributed by atoms with van der Waals surface area (Å²) in [5.74, 6) is 2.59. The first-order valence-corrected chi connectivity index (χ1v) is 12.0. The Balaban J connectivity index is 1.13. The van der Waals surface area contributed by atoms with Crippen LogP contribution in [0.2, 0.25) is 0 Å². The molecule has 0 bridgehead atoms. The van der Waals surface area contributed by atoms with Crippen molar-refractivity contribution in [3.8, 4) is 17.0 Å². The van der Waals surface area contributed by atoms with E-state index in [1.165, 1.54) is 25.7 Å². The van der Waals surface area contributed by atoms with Crippen LogP contribution in [0.4, 0.5) is 5.82 Å². The predicted octanol–water partition coefficient (Wildman–Crippen LogP) is 2.64. The van der Waals surface area contributed by atoms with Crippen LogP contribution in [-0.4, -0.2) is 68.2 Å². The minimum Gasteiger partial charge on any atom is -0.497 e. The van der Waals surface area contributed by atoms with E-state index in [1.807, 2.05) is 24.4 Å². The molecular weight excluding hydrogens is 430 g/mol. The maximum atomic E-state index is 5.42. The summed E-state index contributed by atoms with van der Waals surface area (Å²) in [5.41, 5.74) is 3.42. The smallest absolute Gasteiger partial charge is 0.151 e. The van der Waals surface area contributed by atoms with Gasteiger partial charge in [0.2, 0.25) is 0 Å². The number of hydrogen-bond acceptors (Lipinski definition) is 8. The Morgan fingerprint density at radius 1 is 1.15 bits per heavy atom. The lowest BCUT2D eigenvalue weighted by atomic mass is 10.1. The Labute approximate surface area is 197 Å². The third kappa shape index (κ3) is 4.45. The molecular formula is C24H29N9O. The molecule has 2 fully saturated rings. The fraction of sp³-hybridized carbons (Fsp3) is 0.458. The summed E-state index contributed by atoms with van der Waals surface area (Å²) in [7, 11) is 1.65. The number of nitrogens with one attached hydrogen (secondary N) is 2. The fourth-order valence-electron chi connectivity index (χ4n) is 4.63. The second-order valence-electron chi connectivity index (χ2n) is 9.33. The Bertz CT molecular complexity index is 1260. The van der Waals surface area contributed by atoms with Gasteiger partial charge in [0.25, 0.3) is 0 Å². The molecule has 2 N–H and O–H groups in total. The summed E-state index contributed by atoms with van der Waals surface area (Å²) in [6.07, 6.45) is 8.90. The van der Waals surface area contributed by atoms with Gasteiger partial charge in [-0.3, -0.25) is 5.10 Å². The van der Waals surface area contributed by atoms with E-state index >= 15 is 0 Å². The molecule has 6 rings (SSSR count). The lowest BCUT2D eigenvalue weighted by Crippen LogP contribution is -2.46. The third-order valence-corrected chi connectivity index (χ3v) is 6.75. The Morgan fingerprint density at radius 2 is 2.09 bits per heavy atom. The summed E-state index contributed by atoms with van der Waals surface area (Å²) < 4.78 is 7.20. The third-order valence-electron chi connectivity index (χ3n) is 6.75. The number of fused-ring (bicyclic) bond motifs is 1. The predicted molar refractivity (Wildman–Crippen MR) is 129 cm³/mol. The van der Waals surface area contributed by atoms with Crippen molar-refractivity contribution < 1.29 is 4.74 Å². The van der Waals surface area contributed by atoms with Gasteiger partial charge in [-0.05, 0) is 56.3 Å². The zero-order valence-electron chi connectivity index (χ0n) is 19.3. The number of aromatic amines is 1. The lowest BCUT2D eigenvalue weighted by molar-refractivity contribution is 0.414. The molecule has 34 heavy (non-hydrogen) atoms. The Hall–Kier alpha value is -3.53. The second-order valence-corrected chi connectivity index (χ2v) is 9.33. The van der Waals surface area contributed by atoms with Crippen molar-refractivity contribution in [2.45, 2.75) is 38.3 Å². The number of rotatable bonds is 8. The zero-order chi connectivity index (χ0) is 22.9. The molecule has 4 aromatic rings. The number of H-pyrrole nitrogens is 1. The largest absolute Gasteiger partial charge is 0.497 e. The minimum absolute atomic E-state index is 0.504. The number of benzene rings is 1. The van der Waals surface area contributed by atoms with Crippen molar-refractivity contribution in [3.05, 3.63) is 42.4 Å². The molecule has 10 nitrogen and oxygen atoms in total. The van der Waals surface area contributed by atoms with E-state index in [9.17, 15) is 0 Å². The van der Waals surface area contributed by atoms with Crippen LogP contribution in [0.5, 0.6) is 5.75 Å². The number of hydrogen-bond donors (Lipinski definition) is 2. The van der Waals surface area contributed by atoms with Gasteiger partial charge in [-0.1, -0.05) is 5.21 Å². The summed E-state index contributed by atoms with van der Waals surface area (Å²) in [6.45, 7) is 3.69. The summed E-state index contributed by atoms with van der Waals surface area (Å²) in [5, 5.41) is 29.5. The van der Waals surface area contributed by atoms with Crippen LogP contribution >= 0.6 is 0 Å². The number of methoxy groups -OCH3 is 1. The zero-order valence-corrected chi connectivity index (χ0v) is 19.3. The minimum atomic E-state index is 0.504. The molecule has 1 aromatic carbocycles. The van der Waals surface area contributed by atoms with E-state index in [-0.39, 0.29) is 0 Å². The monoisotopic (exact) mass is 459 g/mol. The van der Waals surface area contributed by atoms with Gasteiger partial charge in [0, 0.05) is 36.1 Å². The van der Waals surface area contributed by atoms with Crippen molar-refractivity contribution in [1.29, 1.82) is 0 Å². The van der Waals surface area contributed by atoms with Crippen LogP contribution in [-0.2, 0) is 6.54 Å². The van der Waals surface area contributed by atoms with Gasteiger partial charge in [-0.2, -0.15) is 10.2 Å². The highest BCUT2D eigenvalue weighted by Gasteiger charge is 2.25. The van der Waals surface area contributed by atoms with E-state index in [4.69, 9.17) is 4.74 Å². The number of nitrogens with zero attached hydrogens (tertiary/aromatic N) is 7. The molecule has 2 aliphatic rings. The molecule has 1 aliphatic heterocycles. The SMILES string of the molecule is COc1cc(-c2cn(Cc3ccc(N4CCC[C@@H](NCC5CC5)C4)nn3)nn2)c2cn[nH]c2c1. The normalized spacial score (nSPS) is 18.5. The van der Waals surface area contributed by atoms with Gasteiger partial charge in [0.1, 0.15) is 11.4 Å². The number of anilines is 1. The Kier molecular flexibility index (Phi) is 5.58. The quantitative estimate of drug-likeness (QED) is 0.414. The molecule has 1 atom stereocenters. The van der Waals surface area contributed by atoms with E-state index < -0.39 is 0 Å². The van der Waals surface area contributed by atoms with Crippen molar-refractivity contribution in [2.75, 3.05) is 31.6 Å². The average Bonchev–Trinajstić information content (AvgIpc) is 3.38. The van der Waals surface area contributed by atoms with Crippen LogP contribution in [0.1, 0.15) is 31.4 Å². The molecule has 0 unspecified atom stereocenters. The molecule has 0 spiro atoms. The van der Waals surface area contributed by atoms with E-state index in [2.05, 4.69) is 47.0 Å². The van der Waals surface area contributed by atoms with Crippen LogP contribution < -0.4 is 15.0 Å². The van der Waals surface area contributed by atoms with Gasteiger partial charge >= 0.3 is 0 Å². The van der Waals surface area contributed by atoms with Crippen LogP contribution in [0.3, 0.4) is 0 Å². The molecule has 10 heteroatoms. The fourth-order valence-corrected chi connectivity index (χ4v) is 4.63. The van der Waals surface area contributed by atoms with Gasteiger partial charge in [-0.25, -0.2) is 4.68 Å². The first-order valence-electron chi connectivity index (χ1n) is 12.0. The average molecular weight is 460 g/mol. The van der Waals surface area contributed by atoms with Gasteiger partial charge in [0.15, 0.2) is 5.82 Å². The van der Waals surface area contributed by atoms with Crippen molar-refractivity contribution >= 4 is 16.7 Å². The standard InChI is InChI=1S/C24H29N9O/c1-34-19-9-20(21-12-26-28-22(21)10-19)23-15-33(31-29-23)14-18-6-7-24(30-27-18)32-8-2-3-17(13-32)25-11-16-4-5-16/h6-7,9-10,12,15-17,25H,2-5,8,11,13-14H2,1H3,(H,26,28)/t17-/m1/s1. The van der Waals surface area contributed by atoms with Crippen LogP contribution in [0, 0.1) is 5.92 Å². The molecule has 4 heterocycles.